The number of hydrogen-bond acceptors (Lipinski definition) is 7. The van der Waals surface area contributed by atoms with Crippen molar-refractivity contribution in [2.75, 3.05) is 7.11 Å². The van der Waals surface area contributed by atoms with Gasteiger partial charge in [0.05, 0.1) is 18.8 Å². The van der Waals surface area contributed by atoms with Crippen LogP contribution < -0.4 is 0 Å². The molecule has 3 fully saturated rings. The first-order chi connectivity index (χ1) is 13.4. The van der Waals surface area contributed by atoms with E-state index in [4.69, 9.17) is 18.9 Å². The normalized spacial score (nSPS) is 33.9. The van der Waals surface area contributed by atoms with Crippen LogP contribution in [-0.2, 0) is 23.7 Å². The number of carbonyl (C=O) groups is 2. The molecular weight excluding hydrogens is 364 g/mol. The highest BCUT2D eigenvalue weighted by Crippen LogP contribution is 2.47. The Kier molecular flexibility index (Phi) is 5.16. The molecule has 1 N–H and O–H groups in total. The standard InChI is InChI=1S/C21H26O7/c1-25-19(23)20(24)12-15(26-18(22)14-8-4-2-5-9-14)17-16(13-20)27-21(28-17)10-6-3-7-11-21/h2,4-5,8-9,15-17,24H,3,6-7,10-13H2,1H3/t15-,16+,17-,20-/m0/s1. The molecule has 7 heteroatoms. The van der Waals surface area contributed by atoms with Crippen LogP contribution in [0.25, 0.3) is 0 Å². The van der Waals surface area contributed by atoms with Crippen LogP contribution >= 0.6 is 0 Å². The van der Waals surface area contributed by atoms with Gasteiger partial charge in [0.2, 0.25) is 0 Å². The van der Waals surface area contributed by atoms with Crippen LogP contribution in [0, 0.1) is 0 Å². The summed E-state index contributed by atoms with van der Waals surface area (Å²) < 4.78 is 23.0. The van der Waals surface area contributed by atoms with Gasteiger partial charge in [0.25, 0.3) is 0 Å². The number of rotatable bonds is 3. The van der Waals surface area contributed by atoms with E-state index < -0.39 is 41.6 Å². The van der Waals surface area contributed by atoms with E-state index in [9.17, 15) is 14.7 Å². The lowest BCUT2D eigenvalue weighted by atomic mass is 9.79. The molecule has 1 saturated heterocycles. The molecule has 0 bridgehead atoms. The minimum atomic E-state index is -1.78. The number of fused-ring (bicyclic) bond motifs is 1. The van der Waals surface area contributed by atoms with Crippen LogP contribution in [0.15, 0.2) is 30.3 Å². The Balaban J connectivity index is 1.58. The number of aliphatic hydroxyl groups is 1. The van der Waals surface area contributed by atoms with E-state index in [0.29, 0.717) is 5.56 Å². The lowest BCUT2D eigenvalue weighted by Crippen LogP contribution is -2.56. The second kappa shape index (κ2) is 7.46. The summed E-state index contributed by atoms with van der Waals surface area (Å²) in [4.78, 5) is 24.8. The summed E-state index contributed by atoms with van der Waals surface area (Å²) in [5.41, 5.74) is -1.38. The van der Waals surface area contributed by atoms with Crippen LogP contribution in [0.4, 0.5) is 0 Å². The zero-order chi connectivity index (χ0) is 19.8. The van der Waals surface area contributed by atoms with Crippen molar-refractivity contribution in [3.05, 3.63) is 35.9 Å². The summed E-state index contributed by atoms with van der Waals surface area (Å²) >= 11 is 0. The largest absolute Gasteiger partial charge is 0.467 e. The first-order valence-electron chi connectivity index (χ1n) is 9.87. The number of methoxy groups -OCH3 is 1. The molecule has 4 rings (SSSR count). The highest BCUT2D eigenvalue weighted by Gasteiger charge is 2.60. The summed E-state index contributed by atoms with van der Waals surface area (Å²) in [6.45, 7) is 0. The molecule has 7 nitrogen and oxygen atoms in total. The maximum Gasteiger partial charge on any atom is 0.338 e. The van der Waals surface area contributed by atoms with Gasteiger partial charge in [-0.1, -0.05) is 24.6 Å². The van der Waals surface area contributed by atoms with Gasteiger partial charge in [-0.2, -0.15) is 0 Å². The molecule has 1 aliphatic heterocycles. The van der Waals surface area contributed by atoms with Gasteiger partial charge in [0.1, 0.15) is 12.2 Å². The van der Waals surface area contributed by atoms with E-state index in [0.717, 1.165) is 32.1 Å². The first-order valence-corrected chi connectivity index (χ1v) is 9.87. The molecule has 1 heterocycles. The number of esters is 2. The summed E-state index contributed by atoms with van der Waals surface area (Å²) in [6.07, 6.45) is 2.75. The Morgan fingerprint density at radius 3 is 2.46 bits per heavy atom. The molecule has 2 saturated carbocycles. The number of ether oxygens (including phenoxy) is 4. The molecule has 0 amide bonds. The topological polar surface area (TPSA) is 91.3 Å². The van der Waals surface area contributed by atoms with Crippen molar-refractivity contribution in [2.45, 2.75) is 74.6 Å². The number of hydrogen-bond donors (Lipinski definition) is 1. The summed E-state index contributed by atoms with van der Waals surface area (Å²) in [5.74, 6) is -1.99. The van der Waals surface area contributed by atoms with E-state index in [1.54, 1.807) is 24.3 Å². The third-order valence-electron chi connectivity index (χ3n) is 5.98. The molecule has 0 radical (unpaired) electrons. The minimum absolute atomic E-state index is 0.0610. The average molecular weight is 390 g/mol. The van der Waals surface area contributed by atoms with Crippen LogP contribution in [-0.4, -0.2) is 53.9 Å². The van der Waals surface area contributed by atoms with Gasteiger partial charge in [0, 0.05) is 25.7 Å². The van der Waals surface area contributed by atoms with Crippen molar-refractivity contribution < 1.29 is 33.6 Å². The lowest BCUT2D eigenvalue weighted by Gasteiger charge is -2.39. The second-order valence-corrected chi connectivity index (χ2v) is 7.95. The smallest absolute Gasteiger partial charge is 0.338 e. The van der Waals surface area contributed by atoms with Gasteiger partial charge in [-0.05, 0) is 25.0 Å². The van der Waals surface area contributed by atoms with E-state index in [2.05, 4.69) is 0 Å². The first kappa shape index (κ1) is 19.4. The van der Waals surface area contributed by atoms with Gasteiger partial charge < -0.3 is 24.1 Å². The van der Waals surface area contributed by atoms with Gasteiger partial charge in [-0.15, -0.1) is 0 Å². The molecule has 2 aliphatic carbocycles. The van der Waals surface area contributed by atoms with Crippen molar-refractivity contribution in [1.29, 1.82) is 0 Å². The van der Waals surface area contributed by atoms with E-state index in [1.165, 1.54) is 7.11 Å². The fourth-order valence-electron chi connectivity index (χ4n) is 4.60. The SMILES string of the molecule is COC(=O)[C@]1(O)C[C@H](OC(=O)c2ccccc2)[C@@H]2OC3(CCCCC3)O[C@@H]2C1. The molecule has 152 valence electrons. The van der Waals surface area contributed by atoms with Gasteiger partial charge in [-0.3, -0.25) is 0 Å². The van der Waals surface area contributed by atoms with Crippen molar-refractivity contribution >= 4 is 11.9 Å². The molecule has 28 heavy (non-hydrogen) atoms. The maximum absolute atomic E-state index is 12.6. The third-order valence-corrected chi connectivity index (χ3v) is 5.98. The van der Waals surface area contributed by atoms with E-state index in [1.807, 2.05) is 6.07 Å². The monoisotopic (exact) mass is 390 g/mol. The van der Waals surface area contributed by atoms with Gasteiger partial charge in [0.15, 0.2) is 11.4 Å². The van der Waals surface area contributed by atoms with Crippen molar-refractivity contribution in [2.24, 2.45) is 0 Å². The van der Waals surface area contributed by atoms with Gasteiger partial charge in [-0.25, -0.2) is 9.59 Å². The molecule has 0 unspecified atom stereocenters. The maximum atomic E-state index is 12.6. The van der Waals surface area contributed by atoms with Crippen LogP contribution in [0.3, 0.4) is 0 Å². The Bertz CT molecular complexity index is 728. The van der Waals surface area contributed by atoms with E-state index >= 15 is 0 Å². The summed E-state index contributed by atoms with van der Waals surface area (Å²) in [7, 11) is 1.23. The second-order valence-electron chi connectivity index (χ2n) is 7.95. The van der Waals surface area contributed by atoms with Crippen molar-refractivity contribution in [1.82, 2.24) is 0 Å². The van der Waals surface area contributed by atoms with Crippen molar-refractivity contribution in [3.63, 3.8) is 0 Å². The highest BCUT2D eigenvalue weighted by molar-refractivity contribution is 5.89. The van der Waals surface area contributed by atoms with Crippen molar-refractivity contribution in [3.8, 4) is 0 Å². The fourth-order valence-corrected chi connectivity index (χ4v) is 4.60. The molecular formula is C21H26O7. The summed E-state index contributed by atoms with van der Waals surface area (Å²) in [5, 5.41) is 10.9. The predicted molar refractivity (Wildman–Crippen MR) is 97.4 cm³/mol. The third kappa shape index (κ3) is 3.54. The molecule has 1 aromatic rings. The molecule has 1 aromatic carbocycles. The Hall–Kier alpha value is -1.96. The zero-order valence-corrected chi connectivity index (χ0v) is 16.0. The molecule has 3 aliphatic rings. The van der Waals surface area contributed by atoms with Crippen LogP contribution in [0.5, 0.6) is 0 Å². The lowest BCUT2D eigenvalue weighted by molar-refractivity contribution is -0.198. The molecule has 1 spiro atoms. The van der Waals surface area contributed by atoms with Crippen LogP contribution in [0.2, 0.25) is 0 Å². The fraction of sp³-hybridized carbons (Fsp3) is 0.619. The number of benzene rings is 1. The predicted octanol–water partition coefficient (Wildman–Crippen LogP) is 2.35. The summed E-state index contributed by atoms with van der Waals surface area (Å²) in [6, 6.07) is 8.62. The Labute approximate surface area is 163 Å². The average Bonchev–Trinajstić information content (AvgIpc) is 3.05. The molecule has 0 aromatic heterocycles. The van der Waals surface area contributed by atoms with E-state index in [-0.39, 0.29) is 12.8 Å². The Morgan fingerprint density at radius 1 is 1.07 bits per heavy atom. The Morgan fingerprint density at radius 2 is 1.79 bits per heavy atom. The van der Waals surface area contributed by atoms with Crippen LogP contribution in [0.1, 0.15) is 55.3 Å². The van der Waals surface area contributed by atoms with Gasteiger partial charge >= 0.3 is 11.9 Å². The number of carbonyl (C=O) groups excluding carboxylic acids is 2. The minimum Gasteiger partial charge on any atom is -0.467 e. The zero-order valence-electron chi connectivity index (χ0n) is 16.0. The highest BCUT2D eigenvalue weighted by atomic mass is 16.8. The quantitative estimate of drug-likeness (QED) is 0.792. The molecule has 4 atom stereocenters.